The molecule has 2 aromatic carbocycles. The van der Waals surface area contributed by atoms with Gasteiger partial charge in [0.1, 0.15) is 0 Å². The third kappa shape index (κ3) is 8.31. The van der Waals surface area contributed by atoms with E-state index in [0.717, 1.165) is 5.56 Å². The minimum atomic E-state index is -3.51. The van der Waals surface area contributed by atoms with Gasteiger partial charge < -0.3 is 28.4 Å². The number of rotatable bonds is 15. The van der Waals surface area contributed by atoms with Crippen molar-refractivity contribution in [2.24, 2.45) is 0 Å². The normalized spacial score (nSPS) is 15.6. The van der Waals surface area contributed by atoms with Crippen molar-refractivity contribution in [1.82, 2.24) is 14.2 Å². The number of hydrogen-bond donors (Lipinski definition) is 0. The summed E-state index contributed by atoms with van der Waals surface area (Å²) < 4.78 is 45.3. The highest BCUT2D eigenvalue weighted by Gasteiger charge is 2.40. The summed E-state index contributed by atoms with van der Waals surface area (Å²) in [6.45, 7) is 2.24. The molecule has 1 amide bonds. The van der Waals surface area contributed by atoms with Crippen LogP contribution in [-0.2, 0) is 9.09 Å². The lowest BCUT2D eigenvalue weighted by atomic mass is 10.1. The lowest BCUT2D eigenvalue weighted by molar-refractivity contribution is 0.0676. The maximum absolute atomic E-state index is 14.5. The molecular weight excluding hydrogens is 592 g/mol. The van der Waals surface area contributed by atoms with Gasteiger partial charge in [0.15, 0.2) is 23.0 Å². The summed E-state index contributed by atoms with van der Waals surface area (Å²) in [5.41, 5.74) is 1.36. The molecule has 1 unspecified atom stereocenters. The van der Waals surface area contributed by atoms with E-state index in [2.05, 4.69) is 0 Å². The average molecular weight is 631 g/mol. The van der Waals surface area contributed by atoms with E-state index >= 15 is 0 Å². The Morgan fingerprint density at radius 1 is 0.854 bits per heavy atom. The number of halogens is 2. The summed E-state index contributed by atoms with van der Waals surface area (Å²) in [7, 11) is 2.72. The van der Waals surface area contributed by atoms with Gasteiger partial charge in [-0.3, -0.25) is 9.36 Å². The van der Waals surface area contributed by atoms with Crippen molar-refractivity contribution in [2.75, 3.05) is 86.1 Å². The highest BCUT2D eigenvalue weighted by atomic mass is 35.5. The molecule has 0 bridgehead atoms. The molecule has 0 radical (unpaired) electrons. The van der Waals surface area contributed by atoms with E-state index in [-0.39, 0.29) is 24.3 Å². The van der Waals surface area contributed by atoms with Crippen molar-refractivity contribution in [3.63, 3.8) is 0 Å². The molecule has 1 saturated heterocycles. The molecule has 1 aliphatic rings. The number of carbonyl (C=O) groups is 1. The Morgan fingerprint density at radius 2 is 1.41 bits per heavy atom. The molecule has 1 atom stereocenters. The molecule has 0 N–H and O–H groups in total. The molecule has 41 heavy (non-hydrogen) atoms. The fourth-order valence-corrected chi connectivity index (χ4v) is 7.48. The zero-order valence-corrected chi connectivity index (χ0v) is 26.3. The minimum Gasteiger partial charge on any atom is -0.493 e. The van der Waals surface area contributed by atoms with Crippen LogP contribution in [0.3, 0.4) is 0 Å². The SMILES string of the molecule is COc1ccc(/C=C/COP(=O)(N(CCCl)CCCl)N2CCN(C(=O)c3ccc(OC)c(OC)c3)CC2)cc1OC. The molecule has 1 heterocycles. The quantitative estimate of drug-likeness (QED) is 0.197. The van der Waals surface area contributed by atoms with Gasteiger partial charge in [0.2, 0.25) is 0 Å². The van der Waals surface area contributed by atoms with Gasteiger partial charge in [-0.25, -0.2) is 9.34 Å². The third-order valence-electron chi connectivity index (χ3n) is 6.63. The standard InChI is InChI=1S/C28H38Cl2N3O7P/c1-36-24-9-7-22(20-26(24)38-3)6-5-19-40-41(35,32(13-11-29)14-12-30)33-17-15-31(16-18-33)28(34)23-8-10-25(37-2)27(21-23)39-4/h5-10,20-21H,11-19H2,1-4H3/b6-5+. The van der Waals surface area contributed by atoms with Crippen LogP contribution in [0.2, 0.25) is 0 Å². The first-order chi connectivity index (χ1) is 19.8. The van der Waals surface area contributed by atoms with E-state index in [1.54, 1.807) is 59.8 Å². The summed E-state index contributed by atoms with van der Waals surface area (Å²) in [6, 6.07) is 10.6. The molecule has 13 heteroatoms. The van der Waals surface area contributed by atoms with Crippen LogP contribution in [-0.4, -0.2) is 106 Å². The summed E-state index contributed by atoms with van der Waals surface area (Å²) in [4.78, 5) is 15.0. The second kappa shape index (κ2) is 16.2. The Kier molecular flexibility index (Phi) is 13.1. The second-order valence-electron chi connectivity index (χ2n) is 8.95. The van der Waals surface area contributed by atoms with Gasteiger partial charge in [0.05, 0.1) is 35.0 Å². The second-order valence-corrected chi connectivity index (χ2v) is 12.1. The Morgan fingerprint density at radius 3 is 1.98 bits per heavy atom. The fourth-order valence-electron chi connectivity index (χ4n) is 4.49. The molecule has 0 spiro atoms. The summed E-state index contributed by atoms with van der Waals surface area (Å²) in [6.07, 6.45) is 3.66. The van der Waals surface area contributed by atoms with Gasteiger partial charge in [-0.15, -0.1) is 23.2 Å². The maximum atomic E-state index is 14.5. The number of carbonyl (C=O) groups excluding carboxylic acids is 1. The number of alkyl halides is 2. The Bertz CT molecular complexity index is 1220. The number of ether oxygens (including phenoxy) is 4. The lowest BCUT2D eigenvalue weighted by Gasteiger charge is -2.42. The predicted octanol–water partition coefficient (Wildman–Crippen LogP) is 5.10. The molecule has 2 aromatic rings. The highest BCUT2D eigenvalue weighted by molar-refractivity contribution is 7.54. The molecule has 226 valence electrons. The van der Waals surface area contributed by atoms with Gasteiger partial charge in [0.25, 0.3) is 5.91 Å². The van der Waals surface area contributed by atoms with Crippen LogP contribution in [0.15, 0.2) is 42.5 Å². The topological polar surface area (TPSA) is 90.0 Å². The zero-order chi connectivity index (χ0) is 29.8. The molecular formula is C28H38Cl2N3O7P. The summed E-state index contributed by atoms with van der Waals surface area (Å²) in [5, 5.41) is 0. The van der Waals surface area contributed by atoms with Crippen molar-refractivity contribution in [1.29, 1.82) is 0 Å². The van der Waals surface area contributed by atoms with Gasteiger partial charge in [-0.1, -0.05) is 18.2 Å². The first-order valence-electron chi connectivity index (χ1n) is 13.1. The summed E-state index contributed by atoms with van der Waals surface area (Å²) >= 11 is 12.1. The van der Waals surface area contributed by atoms with Crippen molar-refractivity contribution in [2.45, 2.75) is 0 Å². The number of methoxy groups -OCH3 is 4. The van der Waals surface area contributed by atoms with E-state index in [0.29, 0.717) is 67.8 Å². The van der Waals surface area contributed by atoms with E-state index in [1.807, 2.05) is 24.3 Å². The lowest BCUT2D eigenvalue weighted by Crippen LogP contribution is -2.49. The maximum Gasteiger partial charge on any atom is 0.346 e. The van der Waals surface area contributed by atoms with Crippen molar-refractivity contribution >= 4 is 42.9 Å². The average Bonchev–Trinajstić information content (AvgIpc) is 3.02. The van der Waals surface area contributed by atoms with Crippen LogP contribution >= 0.6 is 30.9 Å². The molecule has 3 rings (SSSR count). The highest BCUT2D eigenvalue weighted by Crippen LogP contribution is 2.54. The fraction of sp³-hybridized carbons (Fsp3) is 0.464. The smallest absolute Gasteiger partial charge is 0.346 e. The third-order valence-corrected chi connectivity index (χ3v) is 9.68. The van der Waals surface area contributed by atoms with Crippen LogP contribution in [0.5, 0.6) is 23.0 Å². The molecule has 1 fully saturated rings. The molecule has 10 nitrogen and oxygen atoms in total. The number of nitrogens with zero attached hydrogens (tertiary/aromatic N) is 3. The Balaban J connectivity index is 1.72. The monoisotopic (exact) mass is 629 g/mol. The van der Waals surface area contributed by atoms with E-state index < -0.39 is 7.67 Å². The van der Waals surface area contributed by atoms with E-state index in [1.165, 1.54) is 7.11 Å². The number of piperazine rings is 1. The van der Waals surface area contributed by atoms with Crippen molar-refractivity contribution in [3.05, 3.63) is 53.6 Å². The van der Waals surface area contributed by atoms with Crippen LogP contribution in [0, 0.1) is 0 Å². The van der Waals surface area contributed by atoms with Crippen molar-refractivity contribution < 1.29 is 32.8 Å². The minimum absolute atomic E-state index is 0.0947. The molecule has 0 aromatic heterocycles. The van der Waals surface area contributed by atoms with Gasteiger partial charge >= 0.3 is 7.67 Å². The van der Waals surface area contributed by atoms with Crippen molar-refractivity contribution in [3.8, 4) is 23.0 Å². The number of benzene rings is 2. The number of amides is 1. The van der Waals surface area contributed by atoms with Gasteiger partial charge in [-0.05, 0) is 35.9 Å². The van der Waals surface area contributed by atoms with Crippen LogP contribution in [0.25, 0.3) is 6.08 Å². The van der Waals surface area contributed by atoms with E-state index in [9.17, 15) is 9.36 Å². The zero-order valence-electron chi connectivity index (χ0n) is 23.9. The summed E-state index contributed by atoms with van der Waals surface area (Å²) in [5.74, 6) is 2.66. The van der Waals surface area contributed by atoms with Crippen LogP contribution < -0.4 is 18.9 Å². The number of hydrogen-bond acceptors (Lipinski definition) is 7. The van der Waals surface area contributed by atoms with E-state index in [4.69, 9.17) is 46.7 Å². The Hall–Kier alpha value is -2.46. The molecule has 1 aliphatic heterocycles. The molecule has 0 saturated carbocycles. The first kappa shape index (κ1) is 33.0. The van der Waals surface area contributed by atoms with Crippen LogP contribution in [0.1, 0.15) is 15.9 Å². The Labute approximate surface area is 252 Å². The molecule has 0 aliphatic carbocycles. The predicted molar refractivity (Wildman–Crippen MR) is 162 cm³/mol. The first-order valence-corrected chi connectivity index (χ1v) is 15.7. The van der Waals surface area contributed by atoms with Gasteiger partial charge in [0, 0.05) is 56.6 Å². The largest absolute Gasteiger partial charge is 0.493 e. The van der Waals surface area contributed by atoms with Crippen LogP contribution in [0.4, 0.5) is 0 Å². The van der Waals surface area contributed by atoms with Gasteiger partial charge in [-0.2, -0.15) is 0 Å².